The molecule has 1 amide bonds. The van der Waals surface area contributed by atoms with Crippen molar-refractivity contribution in [3.8, 4) is 5.75 Å². The van der Waals surface area contributed by atoms with Gasteiger partial charge in [0.05, 0.1) is 9.37 Å². The summed E-state index contributed by atoms with van der Waals surface area (Å²) in [6.07, 6.45) is 0. The highest BCUT2D eigenvalue weighted by molar-refractivity contribution is 9.10. The Morgan fingerprint density at radius 1 is 1.47 bits per heavy atom. The first kappa shape index (κ1) is 16.3. The molecule has 1 rings (SSSR count). The van der Waals surface area contributed by atoms with Gasteiger partial charge in [0.25, 0.3) is 15.0 Å². The Kier molecular flexibility index (Phi) is 5.64. The van der Waals surface area contributed by atoms with Crippen LogP contribution in [-0.4, -0.2) is 39.4 Å². The summed E-state index contributed by atoms with van der Waals surface area (Å²) in [6.45, 7) is 2.33. The van der Waals surface area contributed by atoms with Crippen molar-refractivity contribution in [1.82, 2.24) is 4.90 Å². The van der Waals surface area contributed by atoms with Crippen LogP contribution in [0.2, 0.25) is 0 Å². The van der Waals surface area contributed by atoms with Crippen LogP contribution < -0.4 is 4.74 Å². The molecule has 0 fully saturated rings. The van der Waals surface area contributed by atoms with E-state index in [1.165, 1.54) is 23.1 Å². The van der Waals surface area contributed by atoms with Crippen LogP contribution in [0.25, 0.3) is 0 Å². The number of likely N-dealkylation sites (N-methyl/N-ethyl adjacent to an activating group) is 1. The van der Waals surface area contributed by atoms with Gasteiger partial charge >= 0.3 is 0 Å². The van der Waals surface area contributed by atoms with Gasteiger partial charge in [-0.3, -0.25) is 4.79 Å². The summed E-state index contributed by atoms with van der Waals surface area (Å²) >= 11 is 3.17. The second kappa shape index (κ2) is 6.58. The number of nitrogens with zero attached hydrogens (tertiary/aromatic N) is 1. The molecule has 0 atom stereocenters. The van der Waals surface area contributed by atoms with E-state index in [9.17, 15) is 13.2 Å². The van der Waals surface area contributed by atoms with Crippen molar-refractivity contribution in [2.75, 3.05) is 20.2 Å². The Labute approximate surface area is 125 Å². The third-order valence-corrected chi connectivity index (χ3v) is 4.41. The van der Waals surface area contributed by atoms with E-state index in [-0.39, 0.29) is 17.4 Å². The van der Waals surface area contributed by atoms with Gasteiger partial charge in [-0.2, -0.15) is 0 Å². The molecule has 19 heavy (non-hydrogen) atoms. The summed E-state index contributed by atoms with van der Waals surface area (Å²) in [4.78, 5) is 13.0. The van der Waals surface area contributed by atoms with Crippen LogP contribution in [0.5, 0.6) is 5.75 Å². The fourth-order valence-electron chi connectivity index (χ4n) is 1.18. The number of benzene rings is 1. The Hall–Kier alpha value is -0.790. The van der Waals surface area contributed by atoms with Crippen molar-refractivity contribution in [2.45, 2.75) is 11.8 Å². The number of rotatable bonds is 5. The lowest BCUT2D eigenvalue weighted by Crippen LogP contribution is -2.31. The van der Waals surface area contributed by atoms with Gasteiger partial charge in [-0.25, -0.2) is 8.42 Å². The first-order valence-electron chi connectivity index (χ1n) is 5.36. The van der Waals surface area contributed by atoms with Crippen molar-refractivity contribution in [2.24, 2.45) is 0 Å². The average Bonchev–Trinajstić information content (AvgIpc) is 2.34. The highest BCUT2D eigenvalue weighted by Gasteiger charge is 2.14. The smallest absolute Gasteiger partial charge is 0.261 e. The van der Waals surface area contributed by atoms with E-state index in [1.807, 2.05) is 6.92 Å². The van der Waals surface area contributed by atoms with Gasteiger partial charge in [0, 0.05) is 24.3 Å². The SMILES string of the molecule is CCN(C)C(=O)COc1ccc(S(=O)(=O)Cl)cc1Br. The van der Waals surface area contributed by atoms with Crippen molar-refractivity contribution in [3.05, 3.63) is 22.7 Å². The maximum Gasteiger partial charge on any atom is 0.261 e. The van der Waals surface area contributed by atoms with Gasteiger partial charge in [0.2, 0.25) is 0 Å². The summed E-state index contributed by atoms with van der Waals surface area (Å²) in [5.74, 6) is 0.213. The zero-order chi connectivity index (χ0) is 14.6. The van der Waals surface area contributed by atoms with E-state index >= 15 is 0 Å². The van der Waals surface area contributed by atoms with Crippen molar-refractivity contribution < 1.29 is 17.9 Å². The Morgan fingerprint density at radius 2 is 2.11 bits per heavy atom. The third-order valence-electron chi connectivity index (χ3n) is 2.44. The summed E-state index contributed by atoms with van der Waals surface area (Å²) < 4.78 is 28.0. The van der Waals surface area contributed by atoms with Gasteiger partial charge in [-0.15, -0.1) is 0 Å². The molecule has 1 aromatic carbocycles. The van der Waals surface area contributed by atoms with E-state index in [0.717, 1.165) is 0 Å². The fraction of sp³-hybridized carbons (Fsp3) is 0.364. The normalized spacial score (nSPS) is 11.2. The van der Waals surface area contributed by atoms with Gasteiger partial charge in [0.1, 0.15) is 5.75 Å². The minimum atomic E-state index is -3.78. The molecule has 0 aliphatic carbocycles. The molecule has 0 aliphatic rings. The minimum absolute atomic E-state index is 0.0367. The molecule has 0 saturated carbocycles. The lowest BCUT2D eigenvalue weighted by atomic mass is 10.3. The molecule has 0 N–H and O–H groups in total. The molecular weight excluding hydrogens is 358 g/mol. The van der Waals surface area contributed by atoms with Crippen LogP contribution in [0, 0.1) is 0 Å². The van der Waals surface area contributed by atoms with E-state index < -0.39 is 9.05 Å². The minimum Gasteiger partial charge on any atom is -0.483 e. The molecule has 5 nitrogen and oxygen atoms in total. The van der Waals surface area contributed by atoms with Crippen molar-refractivity contribution >= 4 is 41.6 Å². The number of carbonyl (C=O) groups is 1. The van der Waals surface area contributed by atoms with Crippen LogP contribution >= 0.6 is 26.6 Å². The molecule has 0 aromatic heterocycles. The lowest BCUT2D eigenvalue weighted by Gasteiger charge is -2.15. The standard InChI is InChI=1S/C11H13BrClNO4S/c1-3-14(2)11(15)7-18-10-5-4-8(6-9(10)12)19(13,16)17/h4-6H,3,7H2,1-2H3. The molecule has 0 unspecified atom stereocenters. The summed E-state index contributed by atoms with van der Waals surface area (Å²) in [5, 5.41) is 0. The Balaban J connectivity index is 2.79. The van der Waals surface area contributed by atoms with E-state index in [0.29, 0.717) is 16.8 Å². The van der Waals surface area contributed by atoms with E-state index in [2.05, 4.69) is 15.9 Å². The van der Waals surface area contributed by atoms with E-state index in [1.54, 1.807) is 7.05 Å². The molecular formula is C11H13BrClNO4S. The first-order chi connectivity index (χ1) is 8.75. The van der Waals surface area contributed by atoms with Gasteiger partial charge < -0.3 is 9.64 Å². The quantitative estimate of drug-likeness (QED) is 0.746. The molecule has 0 saturated heterocycles. The molecule has 0 radical (unpaired) electrons. The molecule has 0 bridgehead atoms. The fourth-order valence-corrected chi connectivity index (χ4v) is 2.60. The van der Waals surface area contributed by atoms with Crippen LogP contribution in [0.4, 0.5) is 0 Å². The number of carbonyl (C=O) groups excluding carboxylic acids is 1. The van der Waals surface area contributed by atoms with Crippen LogP contribution in [0.15, 0.2) is 27.6 Å². The molecule has 1 aromatic rings. The number of amides is 1. The van der Waals surface area contributed by atoms with Crippen LogP contribution in [0.3, 0.4) is 0 Å². The molecule has 0 heterocycles. The first-order valence-corrected chi connectivity index (χ1v) is 8.47. The highest BCUT2D eigenvalue weighted by Crippen LogP contribution is 2.29. The Bertz CT molecular complexity index is 576. The zero-order valence-corrected chi connectivity index (χ0v) is 13.5. The number of hydrogen-bond donors (Lipinski definition) is 0. The van der Waals surface area contributed by atoms with Crippen molar-refractivity contribution in [1.29, 1.82) is 0 Å². The summed E-state index contributed by atoms with van der Waals surface area (Å²) in [6, 6.07) is 4.08. The summed E-state index contributed by atoms with van der Waals surface area (Å²) in [5.41, 5.74) is 0. The second-order valence-corrected chi connectivity index (χ2v) is 7.15. The largest absolute Gasteiger partial charge is 0.483 e. The predicted octanol–water partition coefficient (Wildman–Crippen LogP) is 2.23. The predicted molar refractivity (Wildman–Crippen MR) is 76.0 cm³/mol. The number of ether oxygens (including phenoxy) is 1. The van der Waals surface area contributed by atoms with Crippen LogP contribution in [-0.2, 0) is 13.8 Å². The van der Waals surface area contributed by atoms with E-state index in [4.69, 9.17) is 15.4 Å². The van der Waals surface area contributed by atoms with Crippen LogP contribution in [0.1, 0.15) is 6.92 Å². The third kappa shape index (κ3) is 4.67. The maximum absolute atomic E-state index is 11.6. The maximum atomic E-state index is 11.6. The monoisotopic (exact) mass is 369 g/mol. The number of hydrogen-bond acceptors (Lipinski definition) is 4. The van der Waals surface area contributed by atoms with Gasteiger partial charge in [0.15, 0.2) is 6.61 Å². The lowest BCUT2D eigenvalue weighted by molar-refractivity contribution is -0.131. The summed E-state index contributed by atoms with van der Waals surface area (Å²) in [7, 11) is 3.11. The average molecular weight is 371 g/mol. The zero-order valence-electron chi connectivity index (χ0n) is 10.4. The van der Waals surface area contributed by atoms with Crippen molar-refractivity contribution in [3.63, 3.8) is 0 Å². The second-order valence-electron chi connectivity index (χ2n) is 3.73. The number of halogens is 2. The molecule has 106 valence electrons. The topological polar surface area (TPSA) is 63.7 Å². The molecule has 0 aliphatic heterocycles. The van der Waals surface area contributed by atoms with Gasteiger partial charge in [-0.05, 0) is 41.1 Å². The highest BCUT2D eigenvalue weighted by atomic mass is 79.9. The Morgan fingerprint density at radius 3 is 2.58 bits per heavy atom. The molecule has 0 spiro atoms. The molecule has 8 heteroatoms. The van der Waals surface area contributed by atoms with Gasteiger partial charge in [-0.1, -0.05) is 0 Å².